The minimum Gasteiger partial charge on any atom is -0.479 e. The molecule has 1 aliphatic heterocycles. The van der Waals surface area contributed by atoms with Gasteiger partial charge in [-0.15, -0.1) is 0 Å². The molecule has 0 aliphatic carbocycles. The van der Waals surface area contributed by atoms with Crippen LogP contribution in [-0.4, -0.2) is 41.0 Å². The largest absolute Gasteiger partial charge is 0.479 e. The lowest BCUT2D eigenvalue weighted by molar-refractivity contribution is -0.135. The van der Waals surface area contributed by atoms with Crippen LogP contribution in [0.5, 0.6) is 5.88 Å². The van der Waals surface area contributed by atoms with E-state index in [-0.39, 0.29) is 18.1 Å². The summed E-state index contributed by atoms with van der Waals surface area (Å²) in [5.74, 6) is -0.290. The Balaban J connectivity index is 2.50. The third-order valence-electron chi connectivity index (χ3n) is 3.06. The van der Waals surface area contributed by atoms with Gasteiger partial charge in [-0.05, 0) is 13.8 Å². The van der Waals surface area contributed by atoms with Gasteiger partial charge >= 0.3 is 0 Å². The first kappa shape index (κ1) is 13.1. The summed E-state index contributed by atoms with van der Waals surface area (Å²) in [6.07, 6.45) is 1.28. The van der Waals surface area contributed by atoms with Crippen molar-refractivity contribution in [3.8, 4) is 5.88 Å². The number of nitrogens with zero attached hydrogens (tertiary/aromatic N) is 3. The molecule has 19 heavy (non-hydrogen) atoms. The van der Waals surface area contributed by atoms with Crippen LogP contribution in [-0.2, 0) is 9.59 Å². The highest BCUT2D eigenvalue weighted by molar-refractivity contribution is 6.07. The van der Waals surface area contributed by atoms with Gasteiger partial charge < -0.3 is 15.4 Å². The number of hydrogen-bond donors (Lipinski definition) is 2. The predicted molar refractivity (Wildman–Crippen MR) is 67.6 cm³/mol. The third-order valence-corrected chi connectivity index (χ3v) is 3.06. The van der Waals surface area contributed by atoms with E-state index in [0.717, 1.165) is 0 Å². The molecule has 0 spiro atoms. The lowest BCUT2D eigenvalue weighted by atomic mass is 9.98. The number of nitrogens with two attached hydrogens (primary N) is 1. The lowest BCUT2D eigenvalue weighted by Gasteiger charge is -2.41. The van der Waals surface area contributed by atoms with E-state index in [1.165, 1.54) is 18.3 Å². The summed E-state index contributed by atoms with van der Waals surface area (Å²) in [4.78, 5) is 32.9. The van der Waals surface area contributed by atoms with Crippen LogP contribution in [0.15, 0.2) is 6.33 Å². The average Bonchev–Trinajstić information content (AvgIpc) is 2.35. The number of rotatable bonds is 2. The second kappa shape index (κ2) is 4.38. The van der Waals surface area contributed by atoms with Gasteiger partial charge in [0.25, 0.3) is 5.91 Å². The molecule has 1 aromatic heterocycles. The molecule has 0 unspecified atom stereocenters. The summed E-state index contributed by atoms with van der Waals surface area (Å²) in [7, 11) is 1.43. The summed E-state index contributed by atoms with van der Waals surface area (Å²) in [6, 6.07) is 0. The molecule has 1 aromatic rings. The molecule has 0 aromatic carbocycles. The Kier molecular flexibility index (Phi) is 3.01. The van der Waals surface area contributed by atoms with E-state index in [2.05, 4.69) is 15.3 Å². The molecule has 1 aliphatic rings. The van der Waals surface area contributed by atoms with Crippen LogP contribution in [0.2, 0.25) is 0 Å². The predicted octanol–water partition coefficient (Wildman–Crippen LogP) is -0.691. The average molecular weight is 265 g/mol. The highest BCUT2D eigenvalue weighted by atomic mass is 16.5. The number of aromatic nitrogens is 2. The number of nitrogens with one attached hydrogen (secondary N) is 1. The molecule has 8 heteroatoms. The molecular formula is C11H15N5O3. The number of ether oxygens (including phenoxy) is 1. The van der Waals surface area contributed by atoms with E-state index in [9.17, 15) is 9.59 Å². The smallest absolute Gasteiger partial charge is 0.251 e. The zero-order chi connectivity index (χ0) is 14.2. The SMILES string of the molecule is COc1ncnc(N2CC(=O)NC(=O)C2(C)C)c1N. The maximum absolute atomic E-state index is 11.9. The molecule has 2 amide bonds. The van der Waals surface area contributed by atoms with Crippen LogP contribution in [0.1, 0.15) is 13.8 Å². The molecule has 8 nitrogen and oxygen atoms in total. The van der Waals surface area contributed by atoms with Gasteiger partial charge in [-0.1, -0.05) is 0 Å². The topological polar surface area (TPSA) is 110 Å². The molecule has 2 heterocycles. The molecule has 0 bridgehead atoms. The van der Waals surface area contributed by atoms with Crippen molar-refractivity contribution in [2.45, 2.75) is 19.4 Å². The monoisotopic (exact) mass is 265 g/mol. The van der Waals surface area contributed by atoms with Crippen LogP contribution < -0.4 is 20.7 Å². The number of imide groups is 1. The number of methoxy groups -OCH3 is 1. The minimum atomic E-state index is -0.943. The number of carbonyl (C=O) groups excluding carboxylic acids is 2. The van der Waals surface area contributed by atoms with Gasteiger partial charge in [-0.25, -0.2) is 4.98 Å². The van der Waals surface area contributed by atoms with E-state index in [1.807, 2.05) is 0 Å². The van der Waals surface area contributed by atoms with E-state index >= 15 is 0 Å². The van der Waals surface area contributed by atoms with Crippen molar-refractivity contribution in [2.75, 3.05) is 24.3 Å². The van der Waals surface area contributed by atoms with Gasteiger partial charge in [0.15, 0.2) is 5.82 Å². The van der Waals surface area contributed by atoms with Gasteiger partial charge in [-0.3, -0.25) is 14.9 Å². The second-order valence-electron chi connectivity index (χ2n) is 4.64. The normalized spacial score (nSPS) is 18.2. The molecule has 3 N–H and O–H groups in total. The molecule has 1 fully saturated rings. The molecule has 0 atom stereocenters. The van der Waals surface area contributed by atoms with Crippen molar-refractivity contribution in [3.63, 3.8) is 0 Å². The molecule has 0 saturated carbocycles. The first-order valence-electron chi connectivity index (χ1n) is 5.64. The quantitative estimate of drug-likeness (QED) is 0.681. The van der Waals surface area contributed by atoms with E-state index in [1.54, 1.807) is 13.8 Å². The standard InChI is InChI=1S/C11H15N5O3/c1-11(2)10(18)15-6(17)4-16(11)8-7(12)9(19-3)14-5-13-8/h5H,4,12H2,1-3H3,(H,15,17,18). The Morgan fingerprint density at radius 2 is 2.11 bits per heavy atom. The Hall–Kier alpha value is -2.38. The fourth-order valence-electron chi connectivity index (χ4n) is 1.87. The van der Waals surface area contributed by atoms with Crippen molar-refractivity contribution in [1.29, 1.82) is 0 Å². The summed E-state index contributed by atoms with van der Waals surface area (Å²) in [5, 5.41) is 2.28. The van der Waals surface area contributed by atoms with Crippen LogP contribution in [0.25, 0.3) is 0 Å². The number of anilines is 2. The van der Waals surface area contributed by atoms with Crippen LogP contribution >= 0.6 is 0 Å². The van der Waals surface area contributed by atoms with Crippen molar-refractivity contribution in [1.82, 2.24) is 15.3 Å². The Morgan fingerprint density at radius 1 is 1.42 bits per heavy atom. The van der Waals surface area contributed by atoms with E-state index < -0.39 is 17.4 Å². The van der Waals surface area contributed by atoms with Gasteiger partial charge in [0.1, 0.15) is 17.6 Å². The summed E-state index contributed by atoms with van der Waals surface area (Å²) in [6.45, 7) is 3.36. The molecule has 102 valence electrons. The number of piperazine rings is 1. The second-order valence-corrected chi connectivity index (χ2v) is 4.64. The lowest BCUT2D eigenvalue weighted by Crippen LogP contribution is -2.64. The number of carbonyl (C=O) groups is 2. The Bertz CT molecular complexity index is 543. The highest BCUT2D eigenvalue weighted by Crippen LogP contribution is 2.32. The zero-order valence-electron chi connectivity index (χ0n) is 10.9. The molecule has 0 radical (unpaired) electrons. The Labute approximate surface area is 110 Å². The van der Waals surface area contributed by atoms with Crippen molar-refractivity contribution >= 4 is 23.3 Å². The Morgan fingerprint density at radius 3 is 2.74 bits per heavy atom. The minimum absolute atomic E-state index is 0.0108. The number of amides is 2. The fraction of sp³-hybridized carbons (Fsp3) is 0.455. The number of nitrogen functional groups attached to an aromatic ring is 1. The van der Waals surface area contributed by atoms with Gasteiger partial charge in [0.2, 0.25) is 11.8 Å². The maximum Gasteiger partial charge on any atom is 0.251 e. The molecule has 2 rings (SSSR count). The van der Waals surface area contributed by atoms with E-state index in [0.29, 0.717) is 5.82 Å². The third kappa shape index (κ3) is 2.05. The number of hydrogen-bond acceptors (Lipinski definition) is 7. The first-order chi connectivity index (χ1) is 8.87. The molecular weight excluding hydrogens is 250 g/mol. The van der Waals surface area contributed by atoms with Crippen molar-refractivity contribution in [2.24, 2.45) is 0 Å². The maximum atomic E-state index is 11.9. The van der Waals surface area contributed by atoms with Gasteiger partial charge in [0, 0.05) is 0 Å². The highest BCUT2D eigenvalue weighted by Gasteiger charge is 2.42. The van der Waals surface area contributed by atoms with E-state index in [4.69, 9.17) is 10.5 Å². The van der Waals surface area contributed by atoms with Crippen molar-refractivity contribution < 1.29 is 14.3 Å². The summed E-state index contributed by atoms with van der Waals surface area (Å²) < 4.78 is 5.01. The summed E-state index contributed by atoms with van der Waals surface area (Å²) >= 11 is 0. The summed E-state index contributed by atoms with van der Waals surface area (Å²) in [5.41, 5.74) is 5.15. The van der Waals surface area contributed by atoms with Crippen LogP contribution in [0.4, 0.5) is 11.5 Å². The van der Waals surface area contributed by atoms with Crippen LogP contribution in [0.3, 0.4) is 0 Å². The van der Waals surface area contributed by atoms with Gasteiger partial charge in [0.05, 0.1) is 13.7 Å². The van der Waals surface area contributed by atoms with Crippen molar-refractivity contribution in [3.05, 3.63) is 6.33 Å². The fourth-order valence-corrected chi connectivity index (χ4v) is 1.87. The molecule has 1 saturated heterocycles. The van der Waals surface area contributed by atoms with Crippen LogP contribution in [0, 0.1) is 0 Å². The van der Waals surface area contributed by atoms with Gasteiger partial charge in [-0.2, -0.15) is 4.98 Å². The zero-order valence-corrected chi connectivity index (χ0v) is 10.9. The first-order valence-corrected chi connectivity index (χ1v) is 5.64.